The van der Waals surface area contributed by atoms with Crippen molar-refractivity contribution in [3.8, 4) is 5.75 Å². The van der Waals surface area contributed by atoms with Crippen LogP contribution in [0.3, 0.4) is 0 Å². The van der Waals surface area contributed by atoms with E-state index in [0.29, 0.717) is 21.5 Å². The van der Waals surface area contributed by atoms with Crippen LogP contribution in [-0.2, 0) is 19.1 Å². The monoisotopic (exact) mass is 462 g/mol. The first kappa shape index (κ1) is 22.8. The fraction of sp³-hybridized carbons (Fsp3) is 0.318. The first-order chi connectivity index (χ1) is 15.0. The summed E-state index contributed by atoms with van der Waals surface area (Å²) in [7, 11) is 1.60. The van der Waals surface area contributed by atoms with Gasteiger partial charge in [0.2, 0.25) is 0 Å². The van der Waals surface area contributed by atoms with Gasteiger partial charge < -0.3 is 19.5 Å². The molecule has 0 saturated heterocycles. The van der Waals surface area contributed by atoms with E-state index in [9.17, 15) is 9.59 Å². The lowest BCUT2D eigenvalue weighted by Crippen LogP contribution is -2.36. The molecule has 31 heavy (non-hydrogen) atoms. The molecule has 0 fully saturated rings. The number of carbonyl (C=O) groups excluding carboxylic acids is 2. The number of rotatable bonds is 9. The lowest BCUT2D eigenvalue weighted by molar-refractivity contribution is -0.162. The third-order valence-corrected chi connectivity index (χ3v) is 5.72. The summed E-state index contributed by atoms with van der Waals surface area (Å²) in [5, 5.41) is 4.33. The Morgan fingerprint density at radius 1 is 1.06 bits per heavy atom. The van der Waals surface area contributed by atoms with E-state index in [-0.39, 0.29) is 13.2 Å². The second-order valence-electron chi connectivity index (χ2n) is 6.51. The highest BCUT2D eigenvalue weighted by atomic mass is 35.5. The Bertz CT molecular complexity index is 1040. The number of nitrogens with zero attached hydrogens (tertiary/aromatic N) is 1. The molecule has 0 spiro atoms. The topological polar surface area (TPSA) is 86.8 Å². The third-order valence-electron chi connectivity index (χ3n) is 4.52. The van der Waals surface area contributed by atoms with Crippen LogP contribution in [0.4, 0.5) is 5.13 Å². The number of halogens is 1. The van der Waals surface area contributed by atoms with Crippen LogP contribution >= 0.6 is 22.9 Å². The van der Waals surface area contributed by atoms with Gasteiger partial charge in [0.1, 0.15) is 5.75 Å². The maximum atomic E-state index is 12.8. The van der Waals surface area contributed by atoms with E-state index in [1.54, 1.807) is 45.2 Å². The largest absolute Gasteiger partial charge is 0.497 e. The fourth-order valence-electron chi connectivity index (χ4n) is 3.09. The molecule has 9 heteroatoms. The van der Waals surface area contributed by atoms with Crippen molar-refractivity contribution in [1.29, 1.82) is 0 Å². The van der Waals surface area contributed by atoms with E-state index >= 15 is 0 Å². The van der Waals surface area contributed by atoms with Gasteiger partial charge in [0.25, 0.3) is 0 Å². The summed E-state index contributed by atoms with van der Waals surface area (Å²) >= 11 is 7.42. The van der Waals surface area contributed by atoms with Gasteiger partial charge in [0.05, 0.1) is 36.6 Å². The summed E-state index contributed by atoms with van der Waals surface area (Å²) in [6.45, 7) is 3.66. The number of thiazole rings is 1. The van der Waals surface area contributed by atoms with E-state index in [4.69, 9.17) is 25.8 Å². The minimum Gasteiger partial charge on any atom is -0.497 e. The summed E-state index contributed by atoms with van der Waals surface area (Å²) in [6.07, 6.45) is 0. The van der Waals surface area contributed by atoms with Crippen LogP contribution in [0.15, 0.2) is 42.5 Å². The highest BCUT2D eigenvalue weighted by molar-refractivity contribution is 7.22. The van der Waals surface area contributed by atoms with Gasteiger partial charge in [0.15, 0.2) is 11.0 Å². The number of anilines is 1. The molecule has 164 valence electrons. The number of hydrogen-bond donors (Lipinski definition) is 1. The third kappa shape index (κ3) is 5.45. The van der Waals surface area contributed by atoms with Gasteiger partial charge in [-0.1, -0.05) is 35.1 Å². The highest BCUT2D eigenvalue weighted by Gasteiger charge is 2.39. The predicted octanol–water partition coefficient (Wildman–Crippen LogP) is 4.85. The zero-order chi connectivity index (χ0) is 22.4. The smallest absolute Gasteiger partial charge is 0.322 e. The Hall–Kier alpha value is -2.84. The average Bonchev–Trinajstić information content (AvgIpc) is 3.15. The summed E-state index contributed by atoms with van der Waals surface area (Å²) in [4.78, 5) is 30.1. The summed E-state index contributed by atoms with van der Waals surface area (Å²) in [6, 6.07) is 11.7. The van der Waals surface area contributed by atoms with Crippen LogP contribution in [0.25, 0.3) is 10.2 Å². The van der Waals surface area contributed by atoms with Crippen molar-refractivity contribution in [2.45, 2.75) is 19.9 Å². The maximum Gasteiger partial charge on any atom is 0.322 e. The molecule has 0 radical (unpaired) electrons. The first-order valence-electron chi connectivity index (χ1n) is 9.76. The number of aromatic nitrogens is 1. The van der Waals surface area contributed by atoms with Gasteiger partial charge in [-0.25, -0.2) is 4.98 Å². The quantitative estimate of drug-likeness (QED) is 0.359. The van der Waals surface area contributed by atoms with Crippen molar-refractivity contribution in [2.75, 3.05) is 25.6 Å². The summed E-state index contributed by atoms with van der Waals surface area (Å²) < 4.78 is 16.5. The van der Waals surface area contributed by atoms with Crippen LogP contribution in [0.5, 0.6) is 5.75 Å². The number of fused-ring (bicyclic) bond motifs is 1. The van der Waals surface area contributed by atoms with E-state index < -0.39 is 23.9 Å². The molecule has 7 nitrogen and oxygen atoms in total. The van der Waals surface area contributed by atoms with Gasteiger partial charge in [-0.15, -0.1) is 0 Å². The van der Waals surface area contributed by atoms with Crippen LogP contribution in [0.2, 0.25) is 5.02 Å². The maximum absolute atomic E-state index is 12.8. The number of nitrogens with one attached hydrogen (secondary N) is 1. The van der Waals surface area contributed by atoms with Gasteiger partial charge in [0, 0.05) is 5.02 Å². The molecule has 0 amide bonds. The molecule has 0 aliphatic carbocycles. The molecular formula is C22H23ClN2O5S. The standard InChI is InChI=1S/C22H23ClN2O5S/c1-4-29-20(26)18(21(27)30-5-2)19(13-6-8-14(23)9-7-13)25-22-24-16-11-10-15(28-3)12-17(16)31-22/h6-12,18-19H,4-5H2,1-3H3,(H,24,25). The molecule has 3 aromatic rings. The Morgan fingerprint density at radius 3 is 2.29 bits per heavy atom. The molecule has 0 saturated carbocycles. The lowest BCUT2D eigenvalue weighted by Gasteiger charge is -2.25. The number of benzene rings is 2. The minimum atomic E-state index is -1.22. The Morgan fingerprint density at radius 2 is 1.71 bits per heavy atom. The molecule has 3 rings (SSSR count). The minimum absolute atomic E-state index is 0.142. The fourth-order valence-corrected chi connectivity index (χ4v) is 4.15. The molecule has 1 N–H and O–H groups in total. The molecule has 0 aliphatic heterocycles. The van der Waals surface area contributed by atoms with Crippen molar-refractivity contribution in [2.24, 2.45) is 5.92 Å². The molecule has 1 aromatic heterocycles. The van der Waals surface area contributed by atoms with Gasteiger partial charge in [-0.05, 0) is 49.7 Å². The Kier molecular flexibility index (Phi) is 7.70. The molecule has 1 heterocycles. The molecule has 0 bridgehead atoms. The second-order valence-corrected chi connectivity index (χ2v) is 7.98. The van der Waals surface area contributed by atoms with Gasteiger partial charge in [-0.3, -0.25) is 9.59 Å². The first-order valence-corrected chi connectivity index (χ1v) is 11.0. The molecule has 1 unspecified atom stereocenters. The van der Waals surface area contributed by atoms with Gasteiger partial charge >= 0.3 is 11.9 Å². The summed E-state index contributed by atoms with van der Waals surface area (Å²) in [5.41, 5.74) is 1.44. The van der Waals surface area contributed by atoms with E-state index in [1.807, 2.05) is 18.2 Å². The van der Waals surface area contributed by atoms with Crippen molar-refractivity contribution in [3.63, 3.8) is 0 Å². The van der Waals surface area contributed by atoms with Crippen molar-refractivity contribution in [1.82, 2.24) is 4.98 Å². The normalized spacial score (nSPS) is 11.9. The number of hydrogen-bond acceptors (Lipinski definition) is 8. The number of ether oxygens (including phenoxy) is 3. The zero-order valence-electron chi connectivity index (χ0n) is 17.4. The number of esters is 2. The van der Waals surface area contributed by atoms with Crippen LogP contribution in [0, 0.1) is 5.92 Å². The SMILES string of the molecule is CCOC(=O)C(C(=O)OCC)C(Nc1nc2ccc(OC)cc2s1)c1ccc(Cl)cc1. The van der Waals surface area contributed by atoms with Crippen molar-refractivity contribution in [3.05, 3.63) is 53.1 Å². The number of carbonyl (C=O) groups is 2. The molecular weight excluding hydrogens is 440 g/mol. The molecule has 0 aliphatic rings. The van der Waals surface area contributed by atoms with Crippen LogP contribution in [0.1, 0.15) is 25.5 Å². The predicted molar refractivity (Wildman–Crippen MR) is 121 cm³/mol. The van der Waals surface area contributed by atoms with E-state index in [1.165, 1.54) is 11.3 Å². The van der Waals surface area contributed by atoms with Gasteiger partial charge in [-0.2, -0.15) is 0 Å². The van der Waals surface area contributed by atoms with Crippen molar-refractivity contribution >= 4 is 50.2 Å². The zero-order valence-corrected chi connectivity index (χ0v) is 19.0. The molecule has 1 atom stereocenters. The Balaban J connectivity index is 2.03. The van der Waals surface area contributed by atoms with Crippen molar-refractivity contribution < 1.29 is 23.8 Å². The second kappa shape index (κ2) is 10.5. The van der Waals surface area contributed by atoms with Crippen LogP contribution < -0.4 is 10.1 Å². The number of methoxy groups -OCH3 is 1. The summed E-state index contributed by atoms with van der Waals surface area (Å²) in [5.74, 6) is -1.84. The van der Waals surface area contributed by atoms with E-state index in [0.717, 1.165) is 10.2 Å². The van der Waals surface area contributed by atoms with E-state index in [2.05, 4.69) is 10.3 Å². The van der Waals surface area contributed by atoms with Crippen LogP contribution in [-0.4, -0.2) is 37.2 Å². The Labute approximate surface area is 189 Å². The average molecular weight is 463 g/mol. The lowest BCUT2D eigenvalue weighted by atomic mass is 9.93. The molecule has 2 aromatic carbocycles. The highest BCUT2D eigenvalue weighted by Crippen LogP contribution is 2.35.